The Morgan fingerprint density at radius 1 is 1.19 bits per heavy atom. The van der Waals surface area contributed by atoms with E-state index in [0.717, 1.165) is 29.4 Å². The first-order valence-electron chi connectivity index (χ1n) is 9.58. The monoisotopic (exact) mass is 362 g/mol. The third kappa shape index (κ3) is 2.72. The number of nitrogens with zero attached hydrogens (tertiary/aromatic N) is 7. The summed E-state index contributed by atoms with van der Waals surface area (Å²) >= 11 is 0. The number of hydrogen-bond donors (Lipinski definition) is 1. The molecule has 1 N–H and O–H groups in total. The van der Waals surface area contributed by atoms with Gasteiger partial charge in [0, 0.05) is 24.1 Å². The van der Waals surface area contributed by atoms with Crippen LogP contribution in [-0.2, 0) is 0 Å². The molecule has 1 saturated carbocycles. The zero-order valence-corrected chi connectivity index (χ0v) is 15.3. The Balaban J connectivity index is 1.60. The van der Waals surface area contributed by atoms with Crippen molar-refractivity contribution in [2.24, 2.45) is 0 Å². The molecule has 0 spiro atoms. The van der Waals surface area contributed by atoms with Crippen LogP contribution in [-0.4, -0.2) is 35.8 Å². The van der Waals surface area contributed by atoms with Gasteiger partial charge in [-0.3, -0.25) is 9.55 Å². The molecule has 1 aliphatic carbocycles. The maximum absolute atomic E-state index is 4.92. The summed E-state index contributed by atoms with van der Waals surface area (Å²) in [5.41, 5.74) is 1.87. The molecule has 4 heterocycles. The van der Waals surface area contributed by atoms with Gasteiger partial charge in [0.2, 0.25) is 5.95 Å². The fourth-order valence-corrected chi connectivity index (χ4v) is 4.27. The summed E-state index contributed by atoms with van der Waals surface area (Å²) in [6.07, 6.45) is 13.0. The Bertz CT molecular complexity index is 932. The second-order valence-electron chi connectivity index (χ2n) is 7.09. The number of rotatable bonds is 4. The Labute approximate surface area is 157 Å². The molecule has 1 unspecified atom stereocenters. The highest BCUT2D eigenvalue weighted by Crippen LogP contribution is 2.42. The van der Waals surface area contributed by atoms with E-state index in [-0.39, 0.29) is 6.04 Å². The number of aromatic nitrogens is 6. The van der Waals surface area contributed by atoms with Gasteiger partial charge in [-0.2, -0.15) is 4.98 Å². The number of hydrogen-bond acceptors (Lipinski definition) is 7. The van der Waals surface area contributed by atoms with E-state index in [1.54, 1.807) is 18.7 Å². The summed E-state index contributed by atoms with van der Waals surface area (Å²) in [5, 5.41) is 11.9. The van der Waals surface area contributed by atoms with Gasteiger partial charge in [-0.15, -0.1) is 10.2 Å². The van der Waals surface area contributed by atoms with E-state index in [2.05, 4.69) is 37.3 Å². The number of anilines is 3. The van der Waals surface area contributed by atoms with Crippen LogP contribution in [0.1, 0.15) is 50.9 Å². The molecule has 0 bridgehead atoms. The van der Waals surface area contributed by atoms with Gasteiger partial charge in [-0.25, -0.2) is 4.98 Å². The zero-order chi connectivity index (χ0) is 18.2. The van der Waals surface area contributed by atoms with Crippen LogP contribution in [0, 0.1) is 0 Å². The average Bonchev–Trinajstić information content (AvgIpc) is 3.39. The lowest BCUT2D eigenvalue weighted by Gasteiger charge is -2.40. The topological polar surface area (TPSA) is 84.7 Å². The predicted octanol–water partition coefficient (Wildman–Crippen LogP) is 3.41. The molecule has 8 heteroatoms. The van der Waals surface area contributed by atoms with Gasteiger partial charge >= 0.3 is 0 Å². The molecule has 2 aliphatic rings. The number of nitrogens with one attached hydrogen (secondary N) is 1. The van der Waals surface area contributed by atoms with E-state index in [1.807, 2.05) is 22.9 Å². The van der Waals surface area contributed by atoms with E-state index in [1.165, 1.54) is 25.7 Å². The van der Waals surface area contributed by atoms with Gasteiger partial charge < -0.3 is 10.2 Å². The summed E-state index contributed by atoms with van der Waals surface area (Å²) < 4.78 is 2.03. The van der Waals surface area contributed by atoms with E-state index in [4.69, 9.17) is 4.98 Å². The number of pyridine rings is 1. The molecule has 5 rings (SSSR count). The van der Waals surface area contributed by atoms with Crippen molar-refractivity contribution >= 4 is 17.5 Å². The van der Waals surface area contributed by atoms with Crippen molar-refractivity contribution in [3.8, 4) is 5.69 Å². The van der Waals surface area contributed by atoms with Crippen molar-refractivity contribution in [1.29, 1.82) is 0 Å². The quantitative estimate of drug-likeness (QED) is 0.761. The van der Waals surface area contributed by atoms with Crippen LogP contribution in [0.15, 0.2) is 37.1 Å². The minimum atomic E-state index is 0.187. The third-order valence-electron chi connectivity index (χ3n) is 5.50. The Hall–Kier alpha value is -3.03. The fraction of sp³-hybridized carbons (Fsp3) is 0.421. The molecule has 27 heavy (non-hydrogen) atoms. The molecular weight excluding hydrogens is 340 g/mol. The third-order valence-corrected chi connectivity index (χ3v) is 5.50. The minimum Gasteiger partial charge on any atom is -0.341 e. The standard InChI is InChI=1S/C19H22N8/c1-2-15-18-25-22-12-26(18)16-11-21-19(23-13-7-9-20-10-8-13)24-17(16)27(15)14-5-3-4-6-14/h7-12,14-15H,2-6H2,1H3,(H,20,21,23,24). The smallest absolute Gasteiger partial charge is 0.229 e. The van der Waals surface area contributed by atoms with Gasteiger partial charge in [-0.1, -0.05) is 19.8 Å². The first kappa shape index (κ1) is 16.2. The van der Waals surface area contributed by atoms with Gasteiger partial charge in [0.15, 0.2) is 11.6 Å². The van der Waals surface area contributed by atoms with Gasteiger partial charge in [0.05, 0.1) is 12.2 Å². The molecule has 3 aromatic heterocycles. The largest absolute Gasteiger partial charge is 0.341 e. The van der Waals surface area contributed by atoms with E-state index >= 15 is 0 Å². The van der Waals surface area contributed by atoms with Crippen molar-refractivity contribution in [2.75, 3.05) is 10.2 Å². The van der Waals surface area contributed by atoms with E-state index in [9.17, 15) is 0 Å². The molecule has 1 atom stereocenters. The molecular formula is C19H22N8. The fourth-order valence-electron chi connectivity index (χ4n) is 4.27. The molecule has 8 nitrogen and oxygen atoms in total. The van der Waals surface area contributed by atoms with Crippen molar-refractivity contribution in [2.45, 2.75) is 51.1 Å². The summed E-state index contributed by atoms with van der Waals surface area (Å²) in [4.78, 5) is 16.0. The van der Waals surface area contributed by atoms with Crippen LogP contribution >= 0.6 is 0 Å². The van der Waals surface area contributed by atoms with E-state index < -0.39 is 0 Å². The predicted molar refractivity (Wildman–Crippen MR) is 102 cm³/mol. The average molecular weight is 362 g/mol. The molecule has 1 aliphatic heterocycles. The van der Waals surface area contributed by atoms with Gasteiger partial charge in [0.25, 0.3) is 0 Å². The van der Waals surface area contributed by atoms with Crippen LogP contribution < -0.4 is 10.2 Å². The van der Waals surface area contributed by atoms with Crippen molar-refractivity contribution in [3.05, 3.63) is 42.9 Å². The van der Waals surface area contributed by atoms with Crippen molar-refractivity contribution < 1.29 is 0 Å². The summed E-state index contributed by atoms with van der Waals surface area (Å²) in [6.45, 7) is 2.20. The molecule has 0 saturated heterocycles. The molecule has 138 valence electrons. The number of fused-ring (bicyclic) bond motifs is 3. The molecule has 0 amide bonds. The normalized spacial score (nSPS) is 19.0. The molecule has 1 fully saturated rings. The maximum atomic E-state index is 4.92. The lowest BCUT2D eigenvalue weighted by molar-refractivity contribution is 0.469. The Morgan fingerprint density at radius 3 is 2.78 bits per heavy atom. The van der Waals surface area contributed by atoms with E-state index in [0.29, 0.717) is 12.0 Å². The van der Waals surface area contributed by atoms with Crippen LogP contribution in [0.3, 0.4) is 0 Å². The minimum absolute atomic E-state index is 0.187. The second kappa shape index (κ2) is 6.61. The second-order valence-corrected chi connectivity index (χ2v) is 7.09. The summed E-state index contributed by atoms with van der Waals surface area (Å²) in [5.74, 6) is 2.54. The first-order chi connectivity index (χ1) is 13.3. The first-order valence-corrected chi connectivity index (χ1v) is 9.58. The highest BCUT2D eigenvalue weighted by atomic mass is 15.4. The van der Waals surface area contributed by atoms with Gasteiger partial charge in [0.1, 0.15) is 12.0 Å². The van der Waals surface area contributed by atoms with Crippen molar-refractivity contribution in [3.63, 3.8) is 0 Å². The highest BCUT2D eigenvalue weighted by molar-refractivity contribution is 5.65. The van der Waals surface area contributed by atoms with Gasteiger partial charge in [-0.05, 0) is 31.4 Å². The lowest BCUT2D eigenvalue weighted by atomic mass is 10.0. The zero-order valence-electron chi connectivity index (χ0n) is 15.3. The molecule has 0 aromatic carbocycles. The van der Waals surface area contributed by atoms with Crippen molar-refractivity contribution in [1.82, 2.24) is 29.7 Å². The van der Waals surface area contributed by atoms with Crippen LogP contribution in [0.5, 0.6) is 0 Å². The molecule has 3 aromatic rings. The summed E-state index contributed by atoms with van der Waals surface area (Å²) in [7, 11) is 0. The Kier molecular flexibility index (Phi) is 3.95. The lowest BCUT2D eigenvalue weighted by Crippen LogP contribution is -2.42. The van der Waals surface area contributed by atoms with Crippen LogP contribution in [0.25, 0.3) is 5.69 Å². The Morgan fingerprint density at radius 2 is 2.00 bits per heavy atom. The maximum Gasteiger partial charge on any atom is 0.229 e. The SMILES string of the molecule is CCC1c2nncn2-c2cnc(Nc3ccncc3)nc2N1C1CCCC1. The van der Waals surface area contributed by atoms with Crippen LogP contribution in [0.4, 0.5) is 17.5 Å². The van der Waals surface area contributed by atoms with Crippen LogP contribution in [0.2, 0.25) is 0 Å². The molecule has 0 radical (unpaired) electrons. The highest BCUT2D eigenvalue weighted by Gasteiger charge is 2.38. The summed E-state index contributed by atoms with van der Waals surface area (Å²) in [6, 6.07) is 4.49.